The molecule has 0 bridgehead atoms. The number of quaternary nitrogens is 1. The third kappa shape index (κ3) is 9.58. The highest BCUT2D eigenvalue weighted by atomic mass is 127. The first-order valence-electron chi connectivity index (χ1n) is 7.82. The molecular weight excluding hydrogens is 551 g/mol. The molecular formula is C17H27Br2IN2O2. The van der Waals surface area contributed by atoms with Gasteiger partial charge in [-0.1, -0.05) is 0 Å². The predicted octanol–water partition coefficient (Wildman–Crippen LogP) is 0.759. The molecule has 1 amide bonds. The zero-order valence-electron chi connectivity index (χ0n) is 14.8. The Hall–Kier alpha value is 0.140. The van der Waals surface area contributed by atoms with E-state index < -0.39 is 0 Å². The minimum Gasteiger partial charge on any atom is -1.00 e. The molecule has 0 fully saturated rings. The normalized spacial score (nSPS) is 10.9. The van der Waals surface area contributed by atoms with Crippen molar-refractivity contribution in [1.29, 1.82) is 0 Å². The van der Waals surface area contributed by atoms with E-state index in [1.807, 2.05) is 12.1 Å². The number of nitrogens with one attached hydrogen (secondary N) is 1. The average molecular weight is 578 g/mol. The van der Waals surface area contributed by atoms with Crippen LogP contribution in [0.2, 0.25) is 0 Å². The van der Waals surface area contributed by atoms with E-state index in [0.717, 1.165) is 44.1 Å². The summed E-state index contributed by atoms with van der Waals surface area (Å²) in [6.45, 7) is 1.91. The molecule has 0 unspecified atom stereocenters. The molecule has 0 saturated carbocycles. The molecule has 0 atom stereocenters. The van der Waals surface area contributed by atoms with Gasteiger partial charge in [0.1, 0.15) is 5.75 Å². The summed E-state index contributed by atoms with van der Waals surface area (Å²) >= 11 is 6.91. The Labute approximate surface area is 179 Å². The highest BCUT2D eigenvalue weighted by molar-refractivity contribution is 9.11. The molecule has 0 spiro atoms. The first-order chi connectivity index (χ1) is 10.7. The van der Waals surface area contributed by atoms with Crippen LogP contribution in [-0.2, 0) is 11.2 Å². The average Bonchev–Trinajstić information content (AvgIpc) is 2.41. The van der Waals surface area contributed by atoms with Crippen LogP contribution in [0.3, 0.4) is 0 Å². The third-order valence-corrected chi connectivity index (χ3v) is 4.63. The minimum atomic E-state index is 0. The Morgan fingerprint density at radius 2 is 1.71 bits per heavy atom. The lowest BCUT2D eigenvalue weighted by Gasteiger charge is -2.23. The fraction of sp³-hybridized carbons (Fsp3) is 0.588. The van der Waals surface area contributed by atoms with Gasteiger partial charge in [0, 0.05) is 6.54 Å². The van der Waals surface area contributed by atoms with Crippen molar-refractivity contribution in [1.82, 2.24) is 5.32 Å². The number of rotatable bonds is 9. The Balaban J connectivity index is 0.00000529. The van der Waals surface area contributed by atoms with Crippen molar-refractivity contribution in [2.45, 2.75) is 25.7 Å². The Kier molecular flexibility index (Phi) is 11.8. The van der Waals surface area contributed by atoms with Gasteiger partial charge in [-0.3, -0.25) is 4.79 Å². The van der Waals surface area contributed by atoms with E-state index in [4.69, 9.17) is 4.74 Å². The summed E-state index contributed by atoms with van der Waals surface area (Å²) < 4.78 is 7.95. The lowest BCUT2D eigenvalue weighted by molar-refractivity contribution is -0.870. The number of nitrogens with zero attached hydrogens (tertiary/aromatic N) is 1. The highest BCUT2D eigenvalue weighted by Crippen LogP contribution is 2.34. The predicted molar refractivity (Wildman–Crippen MR) is 102 cm³/mol. The molecule has 7 heteroatoms. The Morgan fingerprint density at radius 1 is 1.12 bits per heavy atom. The van der Waals surface area contributed by atoms with Crippen molar-refractivity contribution >= 4 is 37.8 Å². The van der Waals surface area contributed by atoms with Crippen LogP contribution in [0, 0.1) is 0 Å². The second-order valence-corrected chi connectivity index (χ2v) is 8.40. The lowest BCUT2D eigenvalue weighted by Crippen LogP contribution is -3.00. The van der Waals surface area contributed by atoms with E-state index >= 15 is 0 Å². The van der Waals surface area contributed by atoms with Crippen LogP contribution in [0.1, 0.15) is 24.8 Å². The quantitative estimate of drug-likeness (QED) is 0.267. The van der Waals surface area contributed by atoms with Gasteiger partial charge in [-0.05, 0) is 68.8 Å². The van der Waals surface area contributed by atoms with Crippen molar-refractivity contribution in [3.05, 3.63) is 26.6 Å². The van der Waals surface area contributed by atoms with E-state index in [1.165, 1.54) is 13.0 Å². The lowest BCUT2D eigenvalue weighted by atomic mass is 10.1. The fourth-order valence-corrected chi connectivity index (χ4v) is 3.88. The Morgan fingerprint density at radius 3 is 2.21 bits per heavy atom. The van der Waals surface area contributed by atoms with Crippen molar-refractivity contribution in [2.75, 3.05) is 41.3 Å². The van der Waals surface area contributed by atoms with E-state index in [2.05, 4.69) is 58.3 Å². The first kappa shape index (κ1) is 24.1. The number of carbonyl (C=O) groups is 1. The molecule has 4 nitrogen and oxygen atoms in total. The maximum Gasteiger partial charge on any atom is 0.224 e. The van der Waals surface area contributed by atoms with E-state index in [0.29, 0.717) is 6.42 Å². The van der Waals surface area contributed by atoms with Crippen LogP contribution < -0.4 is 34.0 Å². The van der Waals surface area contributed by atoms with Crippen LogP contribution in [0.5, 0.6) is 5.75 Å². The zero-order valence-corrected chi connectivity index (χ0v) is 20.1. The number of hydrogen-bond donors (Lipinski definition) is 1. The van der Waals surface area contributed by atoms with Crippen LogP contribution in [0.15, 0.2) is 21.1 Å². The van der Waals surface area contributed by atoms with Gasteiger partial charge in [-0.2, -0.15) is 0 Å². The number of amides is 1. The molecule has 0 aliphatic rings. The van der Waals surface area contributed by atoms with Crippen LogP contribution >= 0.6 is 31.9 Å². The topological polar surface area (TPSA) is 38.3 Å². The smallest absolute Gasteiger partial charge is 0.224 e. The van der Waals surface area contributed by atoms with Crippen molar-refractivity contribution in [2.24, 2.45) is 0 Å². The number of halogens is 3. The van der Waals surface area contributed by atoms with Gasteiger partial charge in [0.2, 0.25) is 5.91 Å². The molecule has 0 aliphatic carbocycles. The van der Waals surface area contributed by atoms with Crippen LogP contribution in [0.25, 0.3) is 0 Å². The number of hydrogen-bond acceptors (Lipinski definition) is 2. The zero-order chi connectivity index (χ0) is 17.5. The highest BCUT2D eigenvalue weighted by Gasteiger charge is 2.10. The number of methoxy groups -OCH3 is 1. The summed E-state index contributed by atoms with van der Waals surface area (Å²) in [5, 5.41) is 2.99. The number of benzene rings is 1. The Bertz CT molecular complexity index is 511. The fourth-order valence-electron chi connectivity index (χ4n) is 2.27. The second kappa shape index (κ2) is 11.7. The molecule has 0 radical (unpaired) electrons. The number of unbranched alkanes of at least 4 members (excludes halogenated alkanes) is 2. The molecule has 1 N–H and O–H groups in total. The van der Waals surface area contributed by atoms with Gasteiger partial charge >= 0.3 is 0 Å². The maximum atomic E-state index is 12.0. The third-order valence-electron chi connectivity index (χ3n) is 3.45. The number of ether oxygens (including phenoxy) is 1. The molecule has 0 aliphatic heterocycles. The molecule has 0 aromatic heterocycles. The van der Waals surface area contributed by atoms with Crippen LogP contribution in [-0.4, -0.2) is 51.7 Å². The van der Waals surface area contributed by atoms with Crippen LogP contribution in [0.4, 0.5) is 0 Å². The SMILES string of the molecule is COc1c(Br)cc(CC(=O)NCCCCC[N+](C)(C)C)cc1Br.[I-]. The summed E-state index contributed by atoms with van der Waals surface area (Å²) in [5.41, 5.74) is 0.951. The largest absolute Gasteiger partial charge is 1.00 e. The minimum absolute atomic E-state index is 0. The van der Waals surface area contributed by atoms with Gasteiger partial charge in [0.05, 0.1) is 50.2 Å². The molecule has 1 aromatic rings. The molecule has 138 valence electrons. The monoisotopic (exact) mass is 576 g/mol. The summed E-state index contributed by atoms with van der Waals surface area (Å²) in [7, 11) is 8.22. The van der Waals surface area contributed by atoms with Crippen molar-refractivity contribution in [3.63, 3.8) is 0 Å². The van der Waals surface area contributed by atoms with Crippen molar-refractivity contribution < 1.29 is 38.0 Å². The van der Waals surface area contributed by atoms with E-state index in [9.17, 15) is 4.79 Å². The van der Waals surface area contributed by atoms with E-state index in [-0.39, 0.29) is 29.9 Å². The number of carbonyl (C=O) groups excluding carboxylic acids is 1. The van der Waals surface area contributed by atoms with Gasteiger partial charge < -0.3 is 38.5 Å². The standard InChI is InChI=1S/C17H26Br2N2O2.HI/c1-21(2,3)9-7-5-6-8-20-16(22)12-13-10-14(18)17(23-4)15(19)11-13;/h10-11H,5-9,12H2,1-4H3;1H. The molecule has 1 rings (SSSR count). The summed E-state index contributed by atoms with van der Waals surface area (Å²) in [6, 6.07) is 3.84. The molecule has 24 heavy (non-hydrogen) atoms. The molecule has 1 aromatic carbocycles. The van der Waals surface area contributed by atoms with Crippen molar-refractivity contribution in [3.8, 4) is 5.75 Å². The first-order valence-corrected chi connectivity index (χ1v) is 9.40. The summed E-state index contributed by atoms with van der Waals surface area (Å²) in [4.78, 5) is 12.0. The van der Waals surface area contributed by atoms with Gasteiger partial charge in [0.15, 0.2) is 0 Å². The van der Waals surface area contributed by atoms with E-state index in [1.54, 1.807) is 7.11 Å². The summed E-state index contributed by atoms with van der Waals surface area (Å²) in [5.74, 6) is 0.798. The van der Waals surface area contributed by atoms with Gasteiger partial charge in [-0.25, -0.2) is 0 Å². The summed E-state index contributed by atoms with van der Waals surface area (Å²) in [6.07, 6.45) is 3.75. The van der Waals surface area contributed by atoms with Gasteiger partial charge in [-0.15, -0.1) is 0 Å². The molecule has 0 heterocycles. The second-order valence-electron chi connectivity index (χ2n) is 6.69. The maximum absolute atomic E-state index is 12.0. The molecule has 0 saturated heterocycles. The van der Waals surface area contributed by atoms with Gasteiger partial charge in [0.25, 0.3) is 0 Å².